The zero-order chi connectivity index (χ0) is 10.7. The maximum Gasteiger partial charge on any atom is 0.168 e. The minimum absolute atomic E-state index is 0.506. The predicted molar refractivity (Wildman–Crippen MR) is 59.3 cm³/mol. The van der Waals surface area contributed by atoms with Crippen molar-refractivity contribution in [2.24, 2.45) is 0 Å². The van der Waals surface area contributed by atoms with Gasteiger partial charge < -0.3 is 9.80 Å². The van der Waals surface area contributed by atoms with Crippen LogP contribution in [-0.4, -0.2) is 49.4 Å². The number of piperazine rings is 1. The average molecular weight is 205 g/mol. The van der Waals surface area contributed by atoms with Gasteiger partial charge >= 0.3 is 0 Å². The molecule has 15 heavy (non-hydrogen) atoms. The first-order valence-corrected chi connectivity index (χ1v) is 5.15. The summed E-state index contributed by atoms with van der Waals surface area (Å²) in [6, 6.07) is 5.56. The molecule has 4 heteroatoms. The highest BCUT2D eigenvalue weighted by atomic mass is 16.1. The van der Waals surface area contributed by atoms with Gasteiger partial charge in [-0.25, -0.2) is 4.98 Å². The second-order valence-corrected chi connectivity index (χ2v) is 3.83. The maximum atomic E-state index is 10.6. The molecule has 0 bridgehead atoms. The molecule has 0 N–H and O–H groups in total. The SMILES string of the molecule is CN1CCN(c2cccc(C=O)n2)CC1. The van der Waals surface area contributed by atoms with E-state index in [1.165, 1.54) is 0 Å². The van der Waals surface area contributed by atoms with Gasteiger partial charge in [0.05, 0.1) is 0 Å². The summed E-state index contributed by atoms with van der Waals surface area (Å²) in [4.78, 5) is 19.4. The minimum atomic E-state index is 0.506. The van der Waals surface area contributed by atoms with Crippen molar-refractivity contribution in [3.05, 3.63) is 23.9 Å². The number of hydrogen-bond donors (Lipinski definition) is 0. The Morgan fingerprint density at radius 2 is 2.00 bits per heavy atom. The van der Waals surface area contributed by atoms with Gasteiger partial charge in [-0.1, -0.05) is 6.07 Å². The number of carbonyl (C=O) groups is 1. The molecule has 2 rings (SSSR count). The Kier molecular flexibility index (Phi) is 2.97. The lowest BCUT2D eigenvalue weighted by Crippen LogP contribution is -2.44. The van der Waals surface area contributed by atoms with E-state index in [2.05, 4.69) is 21.8 Å². The standard InChI is InChI=1S/C11H15N3O/c1-13-5-7-14(8-6-13)11-4-2-3-10(9-15)12-11/h2-4,9H,5-8H2,1H3. The largest absolute Gasteiger partial charge is 0.354 e. The highest BCUT2D eigenvalue weighted by Gasteiger charge is 2.14. The molecule has 0 aliphatic carbocycles. The third-order valence-corrected chi connectivity index (χ3v) is 2.70. The first-order chi connectivity index (χ1) is 7.29. The van der Waals surface area contributed by atoms with Crippen LogP contribution < -0.4 is 4.90 Å². The average Bonchev–Trinajstić information content (AvgIpc) is 2.30. The van der Waals surface area contributed by atoms with Gasteiger partial charge in [0.15, 0.2) is 6.29 Å². The molecule has 4 nitrogen and oxygen atoms in total. The Hall–Kier alpha value is -1.42. The molecular formula is C11H15N3O. The summed E-state index contributed by atoms with van der Waals surface area (Å²) < 4.78 is 0. The molecule has 1 saturated heterocycles. The monoisotopic (exact) mass is 205 g/mol. The topological polar surface area (TPSA) is 36.4 Å². The van der Waals surface area contributed by atoms with Gasteiger partial charge in [0.25, 0.3) is 0 Å². The Morgan fingerprint density at radius 3 is 2.67 bits per heavy atom. The van der Waals surface area contributed by atoms with E-state index >= 15 is 0 Å². The number of hydrogen-bond acceptors (Lipinski definition) is 4. The van der Waals surface area contributed by atoms with E-state index < -0.39 is 0 Å². The predicted octanol–water partition coefficient (Wildman–Crippen LogP) is 0.646. The number of nitrogens with zero attached hydrogens (tertiary/aromatic N) is 3. The van der Waals surface area contributed by atoms with Crippen molar-refractivity contribution in [3.63, 3.8) is 0 Å². The molecule has 1 aliphatic heterocycles. The van der Waals surface area contributed by atoms with Gasteiger partial charge in [0.2, 0.25) is 0 Å². The van der Waals surface area contributed by atoms with Crippen LogP contribution in [0, 0.1) is 0 Å². The van der Waals surface area contributed by atoms with E-state index in [1.54, 1.807) is 6.07 Å². The Balaban J connectivity index is 2.11. The molecule has 1 aromatic rings. The Labute approximate surface area is 89.5 Å². The molecule has 0 spiro atoms. The third kappa shape index (κ3) is 2.33. The lowest BCUT2D eigenvalue weighted by Gasteiger charge is -2.33. The van der Waals surface area contributed by atoms with Crippen LogP contribution in [0.1, 0.15) is 10.5 Å². The summed E-state index contributed by atoms with van der Waals surface area (Å²) in [5.74, 6) is 0.910. The molecule has 1 aliphatic rings. The molecule has 1 aromatic heterocycles. The van der Waals surface area contributed by atoms with Crippen LogP contribution in [0.25, 0.3) is 0 Å². The Bertz CT molecular complexity index is 345. The number of pyridine rings is 1. The van der Waals surface area contributed by atoms with Crippen LogP contribution in [0.4, 0.5) is 5.82 Å². The lowest BCUT2D eigenvalue weighted by molar-refractivity contribution is 0.111. The van der Waals surface area contributed by atoms with Gasteiger partial charge in [-0.15, -0.1) is 0 Å². The van der Waals surface area contributed by atoms with E-state index in [1.807, 2.05) is 12.1 Å². The normalized spacial score (nSPS) is 17.8. The summed E-state index contributed by atoms with van der Waals surface area (Å²) in [7, 11) is 2.12. The van der Waals surface area contributed by atoms with Crippen molar-refractivity contribution >= 4 is 12.1 Å². The zero-order valence-electron chi connectivity index (χ0n) is 8.89. The fourth-order valence-corrected chi connectivity index (χ4v) is 1.72. The fourth-order valence-electron chi connectivity index (χ4n) is 1.72. The number of aromatic nitrogens is 1. The molecule has 0 aromatic carbocycles. The van der Waals surface area contributed by atoms with Crippen LogP contribution in [-0.2, 0) is 0 Å². The van der Waals surface area contributed by atoms with Crippen molar-refractivity contribution < 1.29 is 4.79 Å². The van der Waals surface area contributed by atoms with Gasteiger partial charge in [0.1, 0.15) is 11.5 Å². The van der Waals surface area contributed by atoms with E-state index in [9.17, 15) is 4.79 Å². The summed E-state index contributed by atoms with van der Waals surface area (Å²) >= 11 is 0. The molecule has 2 heterocycles. The lowest BCUT2D eigenvalue weighted by atomic mass is 10.3. The molecular weight excluding hydrogens is 190 g/mol. The zero-order valence-corrected chi connectivity index (χ0v) is 8.89. The van der Waals surface area contributed by atoms with E-state index in [0.717, 1.165) is 38.3 Å². The van der Waals surface area contributed by atoms with Crippen molar-refractivity contribution in [2.45, 2.75) is 0 Å². The van der Waals surface area contributed by atoms with E-state index in [-0.39, 0.29) is 0 Å². The number of aldehydes is 1. The molecule has 0 atom stereocenters. The van der Waals surface area contributed by atoms with Gasteiger partial charge in [-0.05, 0) is 19.2 Å². The molecule has 1 fully saturated rings. The summed E-state index contributed by atoms with van der Waals surface area (Å²) in [6.07, 6.45) is 0.791. The fraction of sp³-hybridized carbons (Fsp3) is 0.455. The van der Waals surface area contributed by atoms with Crippen LogP contribution in [0.5, 0.6) is 0 Å². The maximum absolute atomic E-state index is 10.6. The smallest absolute Gasteiger partial charge is 0.168 e. The van der Waals surface area contributed by atoms with Gasteiger partial charge in [0, 0.05) is 26.2 Å². The number of likely N-dealkylation sites (N-methyl/N-ethyl adjacent to an activating group) is 1. The van der Waals surface area contributed by atoms with E-state index in [0.29, 0.717) is 5.69 Å². The quantitative estimate of drug-likeness (QED) is 0.664. The second kappa shape index (κ2) is 4.40. The van der Waals surface area contributed by atoms with Crippen molar-refractivity contribution in [1.29, 1.82) is 0 Å². The van der Waals surface area contributed by atoms with Crippen molar-refractivity contribution in [3.8, 4) is 0 Å². The van der Waals surface area contributed by atoms with Crippen molar-refractivity contribution in [2.75, 3.05) is 38.1 Å². The van der Waals surface area contributed by atoms with E-state index in [4.69, 9.17) is 0 Å². The molecule has 0 radical (unpaired) electrons. The third-order valence-electron chi connectivity index (χ3n) is 2.70. The Morgan fingerprint density at radius 1 is 1.27 bits per heavy atom. The summed E-state index contributed by atoms with van der Waals surface area (Å²) in [5.41, 5.74) is 0.506. The number of anilines is 1. The van der Waals surface area contributed by atoms with Crippen LogP contribution in [0.3, 0.4) is 0 Å². The number of rotatable bonds is 2. The molecule has 80 valence electrons. The molecule has 0 amide bonds. The second-order valence-electron chi connectivity index (χ2n) is 3.83. The summed E-state index contributed by atoms with van der Waals surface area (Å²) in [6.45, 7) is 4.05. The van der Waals surface area contributed by atoms with Gasteiger partial charge in [-0.3, -0.25) is 4.79 Å². The van der Waals surface area contributed by atoms with Crippen molar-refractivity contribution in [1.82, 2.24) is 9.88 Å². The molecule has 0 unspecified atom stereocenters. The molecule has 0 saturated carbocycles. The highest BCUT2D eigenvalue weighted by Crippen LogP contribution is 2.12. The minimum Gasteiger partial charge on any atom is -0.354 e. The first-order valence-electron chi connectivity index (χ1n) is 5.15. The van der Waals surface area contributed by atoms with Gasteiger partial charge in [-0.2, -0.15) is 0 Å². The number of carbonyl (C=O) groups excluding carboxylic acids is 1. The van der Waals surface area contributed by atoms with Crippen LogP contribution >= 0.6 is 0 Å². The van der Waals surface area contributed by atoms with Crippen LogP contribution in [0.2, 0.25) is 0 Å². The first kappa shape index (κ1) is 10.1. The highest BCUT2D eigenvalue weighted by molar-refractivity contribution is 5.72. The van der Waals surface area contributed by atoms with Crippen LogP contribution in [0.15, 0.2) is 18.2 Å². The summed E-state index contributed by atoms with van der Waals surface area (Å²) in [5, 5.41) is 0.